The monoisotopic (exact) mass is 365 g/mol. The first-order valence-corrected chi connectivity index (χ1v) is 7.28. The summed E-state index contributed by atoms with van der Waals surface area (Å²) in [4.78, 5) is 0. The maximum Gasteiger partial charge on any atom is 0.132 e. The van der Waals surface area contributed by atoms with Crippen molar-refractivity contribution in [3.05, 3.63) is 64.0 Å². The highest BCUT2D eigenvalue weighted by atomic mass is 79.9. The van der Waals surface area contributed by atoms with Crippen molar-refractivity contribution in [2.24, 2.45) is 0 Å². The number of nitrogens with zero attached hydrogens (tertiary/aromatic N) is 2. The van der Waals surface area contributed by atoms with Gasteiger partial charge in [-0.25, -0.2) is 9.07 Å². The van der Waals surface area contributed by atoms with Gasteiger partial charge in [0.25, 0.3) is 0 Å². The summed E-state index contributed by atoms with van der Waals surface area (Å²) in [7, 11) is 0. The molecule has 0 unspecified atom stereocenters. The molecule has 0 radical (unpaired) electrons. The lowest BCUT2D eigenvalue weighted by molar-refractivity contribution is 0.630. The molecule has 0 aliphatic heterocycles. The second-order valence-electron chi connectivity index (χ2n) is 4.48. The third-order valence-corrected chi connectivity index (χ3v) is 3.76. The number of hydrogen-bond donors (Lipinski definition) is 1. The SMILES string of the molecule is Nc1cn(-c2ccc(Cl)cc2)nc1-c1cc(Br)ccc1F. The Morgan fingerprint density at radius 2 is 1.86 bits per heavy atom. The maximum atomic E-state index is 14.0. The normalized spacial score (nSPS) is 10.8. The largest absolute Gasteiger partial charge is 0.396 e. The van der Waals surface area contributed by atoms with Gasteiger partial charge in [-0.15, -0.1) is 0 Å². The molecule has 3 aromatic rings. The highest BCUT2D eigenvalue weighted by Gasteiger charge is 2.14. The number of benzene rings is 2. The molecule has 0 spiro atoms. The Balaban J connectivity index is 2.09. The van der Waals surface area contributed by atoms with Crippen LogP contribution in [0.15, 0.2) is 53.1 Å². The number of nitrogens with two attached hydrogens (primary N) is 1. The fourth-order valence-corrected chi connectivity index (χ4v) is 2.49. The molecule has 1 aromatic heterocycles. The van der Waals surface area contributed by atoms with Crippen molar-refractivity contribution in [1.29, 1.82) is 0 Å². The van der Waals surface area contributed by atoms with E-state index >= 15 is 0 Å². The Hall–Kier alpha value is -1.85. The molecular formula is C15H10BrClFN3. The highest BCUT2D eigenvalue weighted by molar-refractivity contribution is 9.10. The first kappa shape index (κ1) is 14.1. The molecule has 0 saturated heterocycles. The van der Waals surface area contributed by atoms with E-state index in [1.165, 1.54) is 6.07 Å². The summed E-state index contributed by atoms with van der Waals surface area (Å²) in [6, 6.07) is 11.8. The summed E-state index contributed by atoms with van der Waals surface area (Å²) in [5, 5.41) is 5.01. The highest BCUT2D eigenvalue weighted by Crippen LogP contribution is 2.30. The van der Waals surface area contributed by atoms with E-state index in [0.717, 1.165) is 10.2 Å². The lowest BCUT2D eigenvalue weighted by Gasteiger charge is -2.02. The Labute approximate surface area is 134 Å². The molecule has 1 heterocycles. The van der Waals surface area contributed by atoms with E-state index in [4.69, 9.17) is 17.3 Å². The number of anilines is 1. The van der Waals surface area contributed by atoms with Gasteiger partial charge in [-0.1, -0.05) is 27.5 Å². The van der Waals surface area contributed by atoms with Gasteiger partial charge in [-0.05, 0) is 42.5 Å². The first-order chi connectivity index (χ1) is 10.0. The van der Waals surface area contributed by atoms with Crippen LogP contribution in [-0.2, 0) is 0 Å². The summed E-state index contributed by atoms with van der Waals surface area (Å²) < 4.78 is 16.3. The molecule has 0 bridgehead atoms. The predicted molar refractivity (Wildman–Crippen MR) is 86.1 cm³/mol. The number of hydrogen-bond acceptors (Lipinski definition) is 2. The van der Waals surface area contributed by atoms with Gasteiger partial charge in [0, 0.05) is 15.1 Å². The molecule has 0 atom stereocenters. The molecule has 0 fully saturated rings. The minimum Gasteiger partial charge on any atom is -0.396 e. The summed E-state index contributed by atoms with van der Waals surface area (Å²) in [5.74, 6) is -0.369. The zero-order chi connectivity index (χ0) is 15.0. The fourth-order valence-electron chi connectivity index (χ4n) is 2.00. The van der Waals surface area contributed by atoms with Crippen LogP contribution in [0.4, 0.5) is 10.1 Å². The molecule has 0 amide bonds. The van der Waals surface area contributed by atoms with Crippen LogP contribution in [0.1, 0.15) is 0 Å². The van der Waals surface area contributed by atoms with Gasteiger partial charge in [0.05, 0.1) is 17.6 Å². The Kier molecular flexibility index (Phi) is 3.69. The molecule has 2 N–H and O–H groups in total. The number of aromatic nitrogens is 2. The topological polar surface area (TPSA) is 43.8 Å². The van der Waals surface area contributed by atoms with Crippen LogP contribution in [0.25, 0.3) is 16.9 Å². The lowest BCUT2D eigenvalue weighted by Crippen LogP contribution is -1.95. The zero-order valence-electron chi connectivity index (χ0n) is 10.7. The van der Waals surface area contributed by atoms with Crippen molar-refractivity contribution in [3.63, 3.8) is 0 Å². The summed E-state index contributed by atoms with van der Waals surface area (Å²) >= 11 is 9.18. The third-order valence-electron chi connectivity index (χ3n) is 3.02. The van der Waals surface area contributed by atoms with E-state index in [1.54, 1.807) is 35.1 Å². The molecule has 3 rings (SSSR count). The summed E-state index contributed by atoms with van der Waals surface area (Å²) in [6.07, 6.45) is 1.65. The van der Waals surface area contributed by atoms with Crippen molar-refractivity contribution >= 4 is 33.2 Å². The molecule has 0 aliphatic rings. The second kappa shape index (κ2) is 5.50. The standard InChI is InChI=1S/C15H10BrClFN3/c16-9-1-6-13(18)12(7-9)15-14(19)8-21(20-15)11-4-2-10(17)3-5-11/h1-8H,19H2. The predicted octanol–water partition coefficient (Wildman–Crippen LogP) is 4.68. The molecule has 21 heavy (non-hydrogen) atoms. The van der Waals surface area contributed by atoms with E-state index in [1.807, 2.05) is 12.1 Å². The number of rotatable bonds is 2. The summed E-state index contributed by atoms with van der Waals surface area (Å²) in [5.41, 5.74) is 7.93. The molecule has 3 nitrogen and oxygen atoms in total. The number of nitrogen functional groups attached to an aromatic ring is 1. The van der Waals surface area contributed by atoms with Crippen molar-refractivity contribution in [2.45, 2.75) is 0 Å². The van der Waals surface area contributed by atoms with Gasteiger partial charge in [0.1, 0.15) is 11.5 Å². The van der Waals surface area contributed by atoms with Crippen molar-refractivity contribution < 1.29 is 4.39 Å². The van der Waals surface area contributed by atoms with Crippen LogP contribution in [0, 0.1) is 5.82 Å². The maximum absolute atomic E-state index is 14.0. The zero-order valence-corrected chi connectivity index (χ0v) is 13.1. The van der Waals surface area contributed by atoms with Crippen LogP contribution in [0.3, 0.4) is 0 Å². The van der Waals surface area contributed by atoms with E-state index in [0.29, 0.717) is 22.0 Å². The molecule has 0 aliphatic carbocycles. The van der Waals surface area contributed by atoms with Crippen LogP contribution in [0.5, 0.6) is 0 Å². The fraction of sp³-hybridized carbons (Fsp3) is 0. The average molecular weight is 367 g/mol. The Morgan fingerprint density at radius 1 is 1.14 bits per heavy atom. The lowest BCUT2D eigenvalue weighted by atomic mass is 10.1. The molecule has 2 aromatic carbocycles. The van der Waals surface area contributed by atoms with Gasteiger partial charge in [0.15, 0.2) is 0 Å². The van der Waals surface area contributed by atoms with E-state index in [-0.39, 0.29) is 5.82 Å². The smallest absolute Gasteiger partial charge is 0.132 e. The molecular weight excluding hydrogens is 357 g/mol. The molecule has 6 heteroatoms. The van der Waals surface area contributed by atoms with Crippen LogP contribution >= 0.6 is 27.5 Å². The number of halogens is 3. The Morgan fingerprint density at radius 3 is 2.57 bits per heavy atom. The van der Waals surface area contributed by atoms with Gasteiger partial charge < -0.3 is 5.73 Å². The van der Waals surface area contributed by atoms with Crippen molar-refractivity contribution in [1.82, 2.24) is 9.78 Å². The molecule has 106 valence electrons. The van der Waals surface area contributed by atoms with Crippen molar-refractivity contribution in [3.8, 4) is 16.9 Å². The molecule has 0 saturated carbocycles. The van der Waals surface area contributed by atoms with Gasteiger partial charge >= 0.3 is 0 Å². The van der Waals surface area contributed by atoms with Gasteiger partial charge in [-0.3, -0.25) is 0 Å². The van der Waals surface area contributed by atoms with Gasteiger partial charge in [-0.2, -0.15) is 5.10 Å². The average Bonchev–Trinajstić information content (AvgIpc) is 2.84. The van der Waals surface area contributed by atoms with E-state index in [9.17, 15) is 4.39 Å². The quantitative estimate of drug-likeness (QED) is 0.716. The first-order valence-electron chi connectivity index (χ1n) is 6.11. The Bertz CT molecular complexity index is 799. The van der Waals surface area contributed by atoms with Crippen LogP contribution < -0.4 is 5.73 Å². The van der Waals surface area contributed by atoms with Crippen LogP contribution in [-0.4, -0.2) is 9.78 Å². The van der Waals surface area contributed by atoms with Gasteiger partial charge in [0.2, 0.25) is 0 Å². The minimum absolute atomic E-state index is 0.356. The van der Waals surface area contributed by atoms with Crippen LogP contribution in [0.2, 0.25) is 5.02 Å². The van der Waals surface area contributed by atoms with E-state index < -0.39 is 0 Å². The third kappa shape index (κ3) is 2.80. The van der Waals surface area contributed by atoms with E-state index in [2.05, 4.69) is 21.0 Å². The minimum atomic E-state index is -0.369. The summed E-state index contributed by atoms with van der Waals surface area (Å²) in [6.45, 7) is 0. The second-order valence-corrected chi connectivity index (χ2v) is 5.83. The van der Waals surface area contributed by atoms with Crippen molar-refractivity contribution in [2.75, 3.05) is 5.73 Å².